The Bertz CT molecular complexity index is 138. The van der Waals surface area contributed by atoms with Crippen LogP contribution in [0, 0.1) is 11.8 Å². The topological polar surface area (TPSA) is 12.0 Å². The predicted molar refractivity (Wildman–Crippen MR) is 52.1 cm³/mol. The number of nitrogens with one attached hydrogen (secondary N) is 1. The van der Waals surface area contributed by atoms with E-state index in [9.17, 15) is 0 Å². The second kappa shape index (κ2) is 3.78. The van der Waals surface area contributed by atoms with Crippen molar-refractivity contribution in [3.05, 3.63) is 0 Å². The minimum atomic E-state index is 0.866. The number of hydrogen-bond acceptors (Lipinski definition) is 1. The highest BCUT2D eigenvalue weighted by molar-refractivity contribution is 4.87. The van der Waals surface area contributed by atoms with Gasteiger partial charge in [-0.15, -0.1) is 0 Å². The summed E-state index contributed by atoms with van der Waals surface area (Å²) in [5.74, 6) is 1.95. The van der Waals surface area contributed by atoms with Crippen LogP contribution in [0.25, 0.3) is 0 Å². The molecule has 0 aromatic carbocycles. The van der Waals surface area contributed by atoms with Gasteiger partial charge in [0.15, 0.2) is 0 Å². The van der Waals surface area contributed by atoms with E-state index >= 15 is 0 Å². The van der Waals surface area contributed by atoms with Gasteiger partial charge in [0.1, 0.15) is 0 Å². The molecule has 0 aromatic heterocycles. The van der Waals surface area contributed by atoms with Crippen molar-refractivity contribution in [3.8, 4) is 0 Å². The van der Waals surface area contributed by atoms with E-state index in [1.807, 2.05) is 0 Å². The van der Waals surface area contributed by atoms with Crippen molar-refractivity contribution in [3.63, 3.8) is 0 Å². The number of rotatable bonds is 1. The van der Waals surface area contributed by atoms with Gasteiger partial charge in [-0.3, -0.25) is 0 Å². The Morgan fingerprint density at radius 1 is 1.00 bits per heavy atom. The molecule has 1 aliphatic heterocycles. The Kier molecular flexibility index (Phi) is 2.69. The molecule has 2 aliphatic rings. The van der Waals surface area contributed by atoms with Crippen LogP contribution in [-0.4, -0.2) is 12.6 Å². The molecule has 12 heavy (non-hydrogen) atoms. The summed E-state index contributed by atoms with van der Waals surface area (Å²) >= 11 is 0. The van der Waals surface area contributed by atoms with Gasteiger partial charge in [-0.2, -0.15) is 0 Å². The smallest absolute Gasteiger partial charge is 0.0121 e. The van der Waals surface area contributed by atoms with E-state index in [0.717, 1.165) is 17.9 Å². The fraction of sp³-hybridized carbons (Fsp3) is 1.00. The van der Waals surface area contributed by atoms with E-state index in [1.165, 1.54) is 45.1 Å². The van der Waals surface area contributed by atoms with Crippen LogP contribution in [0.3, 0.4) is 0 Å². The molecule has 1 aliphatic carbocycles. The molecule has 2 atom stereocenters. The third-order valence-corrected chi connectivity index (χ3v) is 3.75. The summed E-state index contributed by atoms with van der Waals surface area (Å²) in [7, 11) is 0. The average molecular weight is 167 g/mol. The second-order valence-electron chi connectivity index (χ2n) is 4.64. The van der Waals surface area contributed by atoms with Gasteiger partial charge < -0.3 is 5.32 Å². The van der Waals surface area contributed by atoms with Gasteiger partial charge >= 0.3 is 0 Å². The number of hydrogen-bond donors (Lipinski definition) is 1. The maximum absolute atomic E-state index is 3.68. The van der Waals surface area contributed by atoms with Crippen LogP contribution in [0.2, 0.25) is 0 Å². The molecule has 1 N–H and O–H groups in total. The van der Waals surface area contributed by atoms with E-state index in [1.54, 1.807) is 0 Å². The van der Waals surface area contributed by atoms with Crippen molar-refractivity contribution < 1.29 is 0 Å². The van der Waals surface area contributed by atoms with Crippen LogP contribution >= 0.6 is 0 Å². The molecule has 0 aromatic rings. The largest absolute Gasteiger partial charge is 0.313 e. The molecule has 1 saturated heterocycles. The highest BCUT2D eigenvalue weighted by Crippen LogP contribution is 2.32. The molecule has 0 radical (unpaired) electrons. The molecule has 0 bridgehead atoms. The fourth-order valence-corrected chi connectivity index (χ4v) is 2.98. The lowest BCUT2D eigenvalue weighted by Crippen LogP contribution is -2.35. The lowest BCUT2D eigenvalue weighted by Gasteiger charge is -2.30. The SMILES string of the molecule is C[C@@H]1CCN[C@H]1C1CCCCC1. The zero-order valence-electron chi connectivity index (χ0n) is 8.18. The first-order valence-electron chi connectivity index (χ1n) is 5.61. The molecular weight excluding hydrogens is 146 g/mol. The summed E-state index contributed by atoms with van der Waals surface area (Å²) in [6.45, 7) is 3.68. The van der Waals surface area contributed by atoms with Gasteiger partial charge in [-0.25, -0.2) is 0 Å². The van der Waals surface area contributed by atoms with Crippen LogP contribution in [0.4, 0.5) is 0 Å². The van der Waals surface area contributed by atoms with Crippen molar-refractivity contribution in [1.29, 1.82) is 0 Å². The molecule has 1 saturated carbocycles. The van der Waals surface area contributed by atoms with Crippen molar-refractivity contribution in [1.82, 2.24) is 5.32 Å². The Labute approximate surface area is 75.9 Å². The lowest BCUT2D eigenvalue weighted by atomic mass is 9.80. The van der Waals surface area contributed by atoms with Gasteiger partial charge in [-0.05, 0) is 37.6 Å². The second-order valence-corrected chi connectivity index (χ2v) is 4.64. The average Bonchev–Trinajstić information content (AvgIpc) is 2.53. The molecule has 0 amide bonds. The molecular formula is C11H21N. The van der Waals surface area contributed by atoms with Gasteiger partial charge in [-0.1, -0.05) is 26.2 Å². The van der Waals surface area contributed by atoms with E-state index in [4.69, 9.17) is 0 Å². The monoisotopic (exact) mass is 167 g/mol. The summed E-state index contributed by atoms with van der Waals surface area (Å²) in [5, 5.41) is 3.68. The summed E-state index contributed by atoms with van der Waals surface area (Å²) in [6.07, 6.45) is 8.83. The first kappa shape index (κ1) is 8.55. The van der Waals surface area contributed by atoms with E-state index in [2.05, 4.69) is 12.2 Å². The molecule has 1 heteroatoms. The highest BCUT2D eigenvalue weighted by atomic mass is 15.0. The first-order valence-corrected chi connectivity index (χ1v) is 5.61. The minimum absolute atomic E-state index is 0.866. The standard InChI is InChI=1S/C11H21N/c1-9-7-8-12-11(9)10-5-3-2-4-6-10/h9-12H,2-8H2,1H3/t9-,11-/m1/s1. The van der Waals surface area contributed by atoms with Crippen molar-refractivity contribution in [2.75, 3.05) is 6.54 Å². The Morgan fingerprint density at radius 3 is 2.33 bits per heavy atom. The molecule has 2 rings (SSSR count). The predicted octanol–water partition coefficient (Wildman–Crippen LogP) is 2.56. The van der Waals surface area contributed by atoms with Crippen LogP contribution in [0.5, 0.6) is 0 Å². The van der Waals surface area contributed by atoms with Crippen molar-refractivity contribution in [2.45, 2.75) is 51.5 Å². The maximum atomic E-state index is 3.68. The molecule has 1 nitrogen and oxygen atoms in total. The molecule has 70 valence electrons. The summed E-state index contributed by atoms with van der Waals surface area (Å²) in [5.41, 5.74) is 0. The molecule has 0 unspecified atom stereocenters. The van der Waals surface area contributed by atoms with Gasteiger partial charge in [0, 0.05) is 6.04 Å². The Hall–Kier alpha value is -0.0400. The third-order valence-electron chi connectivity index (χ3n) is 3.75. The van der Waals surface area contributed by atoms with Gasteiger partial charge in [0.05, 0.1) is 0 Å². The van der Waals surface area contributed by atoms with E-state index in [0.29, 0.717) is 0 Å². The Morgan fingerprint density at radius 2 is 1.75 bits per heavy atom. The fourth-order valence-electron chi connectivity index (χ4n) is 2.98. The van der Waals surface area contributed by atoms with Crippen LogP contribution in [0.15, 0.2) is 0 Å². The quantitative estimate of drug-likeness (QED) is 0.633. The van der Waals surface area contributed by atoms with Gasteiger partial charge in [0.2, 0.25) is 0 Å². The molecule has 0 spiro atoms. The van der Waals surface area contributed by atoms with E-state index < -0.39 is 0 Å². The highest BCUT2D eigenvalue weighted by Gasteiger charge is 2.30. The zero-order chi connectivity index (χ0) is 8.39. The lowest BCUT2D eigenvalue weighted by molar-refractivity contribution is 0.254. The summed E-state index contributed by atoms with van der Waals surface area (Å²) < 4.78 is 0. The minimum Gasteiger partial charge on any atom is -0.313 e. The van der Waals surface area contributed by atoms with Crippen LogP contribution in [-0.2, 0) is 0 Å². The summed E-state index contributed by atoms with van der Waals surface area (Å²) in [6, 6.07) is 0.866. The van der Waals surface area contributed by atoms with Crippen LogP contribution < -0.4 is 5.32 Å². The normalized spacial score (nSPS) is 38.8. The summed E-state index contributed by atoms with van der Waals surface area (Å²) in [4.78, 5) is 0. The van der Waals surface area contributed by atoms with Crippen LogP contribution in [0.1, 0.15) is 45.4 Å². The van der Waals surface area contributed by atoms with E-state index in [-0.39, 0.29) is 0 Å². The zero-order valence-corrected chi connectivity index (χ0v) is 8.18. The van der Waals surface area contributed by atoms with Crippen molar-refractivity contribution in [2.24, 2.45) is 11.8 Å². The Balaban J connectivity index is 1.89. The molecule has 2 fully saturated rings. The van der Waals surface area contributed by atoms with Gasteiger partial charge in [0.25, 0.3) is 0 Å². The maximum Gasteiger partial charge on any atom is 0.0121 e. The van der Waals surface area contributed by atoms with Crippen molar-refractivity contribution >= 4 is 0 Å². The third kappa shape index (κ3) is 1.66. The first-order chi connectivity index (χ1) is 5.88. The molecule has 1 heterocycles.